The smallest absolute Gasteiger partial charge is 0.309 e. The molecule has 0 radical (unpaired) electrons. The molecule has 0 amide bonds. The second-order valence-corrected chi connectivity index (χ2v) is 7.39. The predicted octanol–water partition coefficient (Wildman–Crippen LogP) is 2.88. The van der Waals surface area contributed by atoms with Crippen LogP contribution in [-0.4, -0.2) is 58.8 Å². The number of aliphatic hydroxyl groups is 3. The first-order valence-electron chi connectivity index (χ1n) is 10.7. The van der Waals surface area contributed by atoms with Gasteiger partial charge in [0.05, 0.1) is 25.6 Å². The van der Waals surface area contributed by atoms with Crippen molar-refractivity contribution in [1.82, 2.24) is 0 Å². The van der Waals surface area contributed by atoms with Gasteiger partial charge in [0, 0.05) is 0 Å². The number of hydrogen-bond acceptors (Lipinski definition) is 7. The van der Waals surface area contributed by atoms with E-state index in [4.69, 9.17) is 14.6 Å². The van der Waals surface area contributed by atoms with E-state index in [9.17, 15) is 19.8 Å². The van der Waals surface area contributed by atoms with Gasteiger partial charge >= 0.3 is 11.9 Å². The van der Waals surface area contributed by atoms with Crippen molar-refractivity contribution in [1.29, 1.82) is 0 Å². The maximum atomic E-state index is 12.1. The number of carbonyl (C=O) groups excluding carboxylic acids is 2. The van der Waals surface area contributed by atoms with Crippen molar-refractivity contribution in [2.75, 3.05) is 13.2 Å². The van der Waals surface area contributed by atoms with Gasteiger partial charge in [-0.05, 0) is 19.3 Å². The van der Waals surface area contributed by atoms with Gasteiger partial charge in [0.15, 0.2) is 0 Å². The molecule has 3 N–H and O–H groups in total. The summed E-state index contributed by atoms with van der Waals surface area (Å²) in [6.45, 7) is 3.44. The Kier molecular flexibility index (Phi) is 17.1. The monoisotopic (exact) mass is 404 g/mol. The summed E-state index contributed by atoms with van der Waals surface area (Å²) in [5.41, 5.74) is 0. The van der Waals surface area contributed by atoms with Crippen LogP contribution in [-0.2, 0) is 19.1 Å². The Bertz CT molecular complexity index is 400. The van der Waals surface area contributed by atoms with Crippen LogP contribution in [0.4, 0.5) is 0 Å². The van der Waals surface area contributed by atoms with E-state index in [1.165, 1.54) is 0 Å². The first-order chi connectivity index (χ1) is 13.4. The average Bonchev–Trinajstić information content (AvgIpc) is 2.66. The summed E-state index contributed by atoms with van der Waals surface area (Å²) < 4.78 is 10.3. The zero-order valence-corrected chi connectivity index (χ0v) is 17.6. The molecule has 28 heavy (non-hydrogen) atoms. The van der Waals surface area contributed by atoms with Crippen LogP contribution in [0.3, 0.4) is 0 Å². The molecule has 7 heteroatoms. The summed E-state index contributed by atoms with van der Waals surface area (Å²) in [4.78, 5) is 24.0. The number of hydrogen-bond donors (Lipinski definition) is 3. The van der Waals surface area contributed by atoms with E-state index < -0.39 is 36.9 Å². The van der Waals surface area contributed by atoms with Crippen molar-refractivity contribution in [3.8, 4) is 0 Å². The summed E-state index contributed by atoms with van der Waals surface area (Å²) >= 11 is 0. The molecule has 0 unspecified atom stereocenters. The van der Waals surface area contributed by atoms with Crippen LogP contribution in [0, 0.1) is 0 Å². The van der Waals surface area contributed by atoms with E-state index >= 15 is 0 Å². The summed E-state index contributed by atoms with van der Waals surface area (Å²) in [6, 6.07) is 0. The summed E-state index contributed by atoms with van der Waals surface area (Å²) in [7, 11) is 0. The zero-order chi connectivity index (χ0) is 21.2. The second-order valence-electron chi connectivity index (χ2n) is 7.39. The van der Waals surface area contributed by atoms with Gasteiger partial charge in [0.25, 0.3) is 0 Å². The number of aliphatic hydroxyl groups excluding tert-OH is 3. The van der Waals surface area contributed by atoms with Crippen LogP contribution in [0.25, 0.3) is 0 Å². The summed E-state index contributed by atoms with van der Waals surface area (Å²) in [5.74, 6) is -1.09. The lowest BCUT2D eigenvalue weighted by Gasteiger charge is -2.19. The van der Waals surface area contributed by atoms with E-state index in [1.54, 1.807) is 0 Å². The van der Waals surface area contributed by atoms with Crippen LogP contribution < -0.4 is 0 Å². The van der Waals surface area contributed by atoms with E-state index in [0.717, 1.165) is 51.4 Å². The largest absolute Gasteiger partial charge is 0.463 e. The van der Waals surface area contributed by atoms with Crippen molar-refractivity contribution in [3.63, 3.8) is 0 Å². The molecule has 0 aromatic carbocycles. The van der Waals surface area contributed by atoms with Gasteiger partial charge in [0.1, 0.15) is 18.8 Å². The van der Waals surface area contributed by atoms with Crippen molar-refractivity contribution in [2.24, 2.45) is 0 Å². The van der Waals surface area contributed by atoms with Crippen LogP contribution in [0.5, 0.6) is 0 Å². The van der Waals surface area contributed by atoms with Gasteiger partial charge in [-0.15, -0.1) is 0 Å². The lowest BCUT2D eigenvalue weighted by molar-refractivity contribution is -0.158. The van der Waals surface area contributed by atoms with E-state index in [-0.39, 0.29) is 19.4 Å². The van der Waals surface area contributed by atoms with Gasteiger partial charge in [-0.3, -0.25) is 9.59 Å². The Labute approximate surface area is 169 Å². The number of ether oxygens (including phenoxy) is 2. The first-order valence-corrected chi connectivity index (χ1v) is 10.7. The molecule has 0 aromatic heterocycles. The molecule has 0 saturated carbocycles. The third-order valence-electron chi connectivity index (χ3n) is 4.51. The number of carbonyl (C=O) groups is 2. The molecule has 0 aliphatic heterocycles. The molecule has 0 saturated heterocycles. The van der Waals surface area contributed by atoms with Gasteiger partial charge in [0.2, 0.25) is 0 Å². The number of rotatable bonds is 18. The molecule has 0 aromatic rings. The second kappa shape index (κ2) is 17.9. The topological polar surface area (TPSA) is 113 Å². The Hall–Kier alpha value is -1.18. The summed E-state index contributed by atoms with van der Waals surface area (Å²) in [5, 5.41) is 28.0. The Morgan fingerprint density at radius 2 is 1.39 bits per heavy atom. The van der Waals surface area contributed by atoms with Crippen LogP contribution >= 0.6 is 0 Å². The Balaban J connectivity index is 4.40. The lowest BCUT2D eigenvalue weighted by atomic mass is 10.1. The molecule has 166 valence electrons. The molecule has 0 heterocycles. The molecule has 0 aliphatic rings. The molecular formula is C21H40O7. The lowest BCUT2D eigenvalue weighted by Crippen LogP contribution is -2.27. The fraction of sp³-hybridized carbons (Fsp3) is 0.905. The minimum Gasteiger partial charge on any atom is -0.463 e. The third-order valence-corrected chi connectivity index (χ3v) is 4.51. The molecule has 0 spiro atoms. The summed E-state index contributed by atoms with van der Waals surface area (Å²) in [6.07, 6.45) is 6.63. The SMILES string of the molecule is CCCCCC[C@H](O)CC(=O)O[C@@H](CCCCCC)CC(=O)OC[C@H](O)CO. The highest BCUT2D eigenvalue weighted by Gasteiger charge is 2.21. The van der Waals surface area contributed by atoms with E-state index in [2.05, 4.69) is 13.8 Å². The highest BCUT2D eigenvalue weighted by Crippen LogP contribution is 2.15. The van der Waals surface area contributed by atoms with Crippen LogP contribution in [0.2, 0.25) is 0 Å². The fourth-order valence-electron chi connectivity index (χ4n) is 2.82. The quantitative estimate of drug-likeness (QED) is 0.238. The highest BCUT2D eigenvalue weighted by molar-refractivity contribution is 5.72. The molecule has 0 aliphatic carbocycles. The number of esters is 2. The van der Waals surface area contributed by atoms with Crippen molar-refractivity contribution < 1.29 is 34.4 Å². The molecule has 3 atom stereocenters. The average molecular weight is 405 g/mol. The molecule has 0 bridgehead atoms. The Morgan fingerprint density at radius 3 is 1.96 bits per heavy atom. The minimum absolute atomic E-state index is 0.0736. The maximum absolute atomic E-state index is 12.1. The maximum Gasteiger partial charge on any atom is 0.309 e. The molecule has 0 fully saturated rings. The van der Waals surface area contributed by atoms with Crippen LogP contribution in [0.1, 0.15) is 90.9 Å². The first kappa shape index (κ1) is 26.8. The van der Waals surface area contributed by atoms with Gasteiger partial charge in [-0.2, -0.15) is 0 Å². The van der Waals surface area contributed by atoms with Crippen molar-refractivity contribution in [2.45, 2.75) is 109 Å². The highest BCUT2D eigenvalue weighted by atomic mass is 16.6. The van der Waals surface area contributed by atoms with Crippen LogP contribution in [0.15, 0.2) is 0 Å². The van der Waals surface area contributed by atoms with E-state index in [1.807, 2.05) is 0 Å². The van der Waals surface area contributed by atoms with Gasteiger partial charge in [-0.25, -0.2) is 0 Å². The normalized spacial score (nSPS) is 14.3. The molecule has 0 rings (SSSR count). The van der Waals surface area contributed by atoms with E-state index in [0.29, 0.717) is 12.8 Å². The fourth-order valence-corrected chi connectivity index (χ4v) is 2.82. The van der Waals surface area contributed by atoms with Gasteiger partial charge in [-0.1, -0.05) is 58.8 Å². The van der Waals surface area contributed by atoms with Crippen molar-refractivity contribution in [3.05, 3.63) is 0 Å². The Morgan fingerprint density at radius 1 is 0.786 bits per heavy atom. The van der Waals surface area contributed by atoms with Crippen molar-refractivity contribution >= 4 is 11.9 Å². The molecule has 7 nitrogen and oxygen atoms in total. The standard InChI is InChI=1S/C21H40O7/c1-3-5-7-9-11-17(23)13-21(26)28-19(12-10-8-6-4-2)14-20(25)27-16-18(24)15-22/h17-19,22-24H,3-16H2,1-2H3/t17-,18+,19-/m0/s1. The number of unbranched alkanes of at least 4 members (excludes halogenated alkanes) is 6. The van der Waals surface area contributed by atoms with Gasteiger partial charge < -0.3 is 24.8 Å². The molecular weight excluding hydrogens is 364 g/mol. The minimum atomic E-state index is -1.11. The third kappa shape index (κ3) is 15.8. The predicted molar refractivity (Wildman–Crippen MR) is 107 cm³/mol. The zero-order valence-electron chi connectivity index (χ0n) is 17.6.